The molecule has 0 aromatic rings. The van der Waals surface area contributed by atoms with E-state index in [1.165, 1.54) is 0 Å². The van der Waals surface area contributed by atoms with Crippen LogP contribution in [0.3, 0.4) is 0 Å². The third-order valence-corrected chi connectivity index (χ3v) is 14.0. The van der Waals surface area contributed by atoms with Crippen molar-refractivity contribution in [1.82, 2.24) is 0 Å². The lowest BCUT2D eigenvalue weighted by Gasteiger charge is -2.47. The molecule has 12 nitrogen and oxygen atoms in total. The molecule has 0 aromatic carbocycles. The SMILES string of the molecule is C=C1CC2CC[C@@]34C[C@H]5O[C@H]6[C@@H](O3)[C@H]3O[C@H](CC[C@@H]3O[C@H]6[C@H]5O4)CC(=O)CC3[C@H](C[C@H]4O[C@@H](CC[C@@H]1O2)C[C@@H](C)C4=C)O[C@H](C[C@H](O)CN)[C@@H]3OC. The molecule has 2 unspecified atom stereocenters. The number of hydrogen-bond donors (Lipinski definition) is 2. The van der Waals surface area contributed by atoms with Gasteiger partial charge in [-0.25, -0.2) is 0 Å². The molecule has 0 aromatic heterocycles. The Bertz CT molecular complexity index is 1380. The van der Waals surface area contributed by atoms with E-state index in [1.54, 1.807) is 7.11 Å². The number of fused-ring (bicyclic) bond motifs is 6. The molecule has 1 spiro atoms. The van der Waals surface area contributed by atoms with Gasteiger partial charge in [0.1, 0.15) is 36.3 Å². The lowest BCUT2D eigenvalue weighted by atomic mass is 9.81. The molecule has 290 valence electrons. The van der Waals surface area contributed by atoms with Gasteiger partial charge in [-0.2, -0.15) is 0 Å². The average Bonchev–Trinajstić information content (AvgIpc) is 3.79. The average molecular weight is 730 g/mol. The van der Waals surface area contributed by atoms with Gasteiger partial charge in [-0.15, -0.1) is 0 Å². The summed E-state index contributed by atoms with van der Waals surface area (Å²) in [6, 6.07) is 0. The van der Waals surface area contributed by atoms with Crippen LogP contribution in [0.1, 0.15) is 90.4 Å². The first-order valence-corrected chi connectivity index (χ1v) is 20.2. The molecule has 19 atom stereocenters. The van der Waals surface area contributed by atoms with Gasteiger partial charge in [0.15, 0.2) is 5.79 Å². The zero-order chi connectivity index (χ0) is 35.9. The van der Waals surface area contributed by atoms with E-state index in [-0.39, 0.29) is 122 Å². The molecular weight excluding hydrogens is 670 g/mol. The highest BCUT2D eigenvalue weighted by molar-refractivity contribution is 5.79. The van der Waals surface area contributed by atoms with Gasteiger partial charge in [0, 0.05) is 58.1 Å². The summed E-state index contributed by atoms with van der Waals surface area (Å²) in [6.45, 7) is 11.3. The zero-order valence-electron chi connectivity index (χ0n) is 30.8. The molecule has 10 saturated heterocycles. The first-order valence-electron chi connectivity index (χ1n) is 20.2. The topological polar surface area (TPSA) is 146 Å². The number of nitrogens with two attached hydrogens (primary N) is 1. The number of ketones is 1. The maximum absolute atomic E-state index is 14.1. The first kappa shape index (κ1) is 36.4. The summed E-state index contributed by atoms with van der Waals surface area (Å²) in [5.41, 5.74) is 8.01. The molecule has 10 fully saturated rings. The fourth-order valence-electron chi connectivity index (χ4n) is 11.3. The highest BCUT2D eigenvalue weighted by atomic mass is 16.8. The van der Waals surface area contributed by atoms with Crippen molar-refractivity contribution in [2.45, 2.75) is 194 Å². The standard InChI is InChI=1S/C40H59NO11/c1-19-11-24-5-7-28-20(2)12-26(45-28)9-10-40-17-33-36(51-40)37-38(50-33)39(52-40)35-29(49-37)8-6-25(47-35)13-22(42)14-27-31(16-30(46-24)21(19)3)48-32(34(27)44-4)15-23(43)18-41/h19,23-39,43H,2-3,5-18,41H2,1,4H3/t19-,23+,24+,25-,26?,27?,28+,29+,30-,31+,32-,33-,34-,35+,36+,37+,38-,39+,40+/m1/s1. The van der Waals surface area contributed by atoms with Crippen molar-refractivity contribution in [3.63, 3.8) is 0 Å². The minimum Gasteiger partial charge on any atom is -0.392 e. The smallest absolute Gasteiger partial charge is 0.172 e. The Hall–Kier alpha value is -1.29. The van der Waals surface area contributed by atoms with Crippen molar-refractivity contribution in [2.75, 3.05) is 13.7 Å². The number of ether oxygens (including phenoxy) is 9. The predicted molar refractivity (Wildman–Crippen MR) is 186 cm³/mol. The van der Waals surface area contributed by atoms with E-state index in [9.17, 15) is 9.90 Å². The van der Waals surface area contributed by atoms with Gasteiger partial charge in [-0.3, -0.25) is 4.79 Å². The van der Waals surface area contributed by atoms with Gasteiger partial charge in [0.25, 0.3) is 0 Å². The second-order valence-electron chi connectivity index (χ2n) is 17.4. The minimum atomic E-state index is -0.780. The van der Waals surface area contributed by atoms with Gasteiger partial charge < -0.3 is 53.5 Å². The van der Waals surface area contributed by atoms with Gasteiger partial charge in [-0.1, -0.05) is 20.1 Å². The van der Waals surface area contributed by atoms with E-state index in [1.807, 2.05) is 0 Å². The number of methoxy groups -OCH3 is 1. The molecule has 10 aliphatic heterocycles. The molecule has 0 radical (unpaired) electrons. The van der Waals surface area contributed by atoms with Crippen LogP contribution in [0.2, 0.25) is 0 Å². The highest BCUT2D eigenvalue weighted by Crippen LogP contribution is 2.54. The van der Waals surface area contributed by atoms with Crippen molar-refractivity contribution in [3.8, 4) is 0 Å². The Kier molecular flexibility index (Phi) is 10.0. The minimum absolute atomic E-state index is 0.0158. The number of aliphatic hydroxyl groups is 1. The van der Waals surface area contributed by atoms with Crippen LogP contribution in [-0.2, 0) is 47.4 Å². The monoisotopic (exact) mass is 729 g/mol. The summed E-state index contributed by atoms with van der Waals surface area (Å²) >= 11 is 0. The van der Waals surface area contributed by atoms with Crippen molar-refractivity contribution in [3.05, 3.63) is 24.3 Å². The number of hydrogen-bond acceptors (Lipinski definition) is 12. The molecule has 10 heterocycles. The summed E-state index contributed by atoms with van der Waals surface area (Å²) in [5, 5.41) is 10.5. The Morgan fingerprint density at radius 3 is 2.38 bits per heavy atom. The molecule has 3 N–H and O–H groups in total. The summed E-state index contributed by atoms with van der Waals surface area (Å²) in [6.07, 6.45) is 4.85. The second kappa shape index (κ2) is 14.3. The molecule has 12 bridgehead atoms. The fourth-order valence-corrected chi connectivity index (χ4v) is 11.3. The number of carbonyl (C=O) groups excluding carboxylic acids is 1. The molecule has 0 saturated carbocycles. The van der Waals surface area contributed by atoms with Gasteiger partial charge in [0.05, 0.1) is 67.1 Å². The Morgan fingerprint density at radius 1 is 0.808 bits per heavy atom. The lowest BCUT2D eigenvalue weighted by molar-refractivity contribution is -0.292. The van der Waals surface area contributed by atoms with Crippen molar-refractivity contribution < 1.29 is 52.5 Å². The van der Waals surface area contributed by atoms with Crippen LogP contribution < -0.4 is 5.73 Å². The predicted octanol–water partition coefficient (Wildman–Crippen LogP) is 3.44. The highest BCUT2D eigenvalue weighted by Gasteiger charge is 2.68. The first-order chi connectivity index (χ1) is 25.1. The summed E-state index contributed by atoms with van der Waals surface area (Å²) < 4.78 is 60.0. The van der Waals surface area contributed by atoms with Crippen LogP contribution in [-0.4, -0.2) is 128 Å². The van der Waals surface area contributed by atoms with Crippen molar-refractivity contribution in [2.24, 2.45) is 17.6 Å². The van der Waals surface area contributed by atoms with E-state index in [4.69, 9.17) is 48.4 Å². The summed E-state index contributed by atoms with van der Waals surface area (Å²) in [4.78, 5) is 14.1. The Labute approximate surface area is 307 Å². The van der Waals surface area contributed by atoms with Crippen molar-refractivity contribution >= 4 is 5.78 Å². The van der Waals surface area contributed by atoms with Gasteiger partial charge >= 0.3 is 0 Å². The molecular formula is C40H59NO11. The molecule has 0 aliphatic carbocycles. The fraction of sp³-hybridized carbons (Fsp3) is 0.875. The quantitative estimate of drug-likeness (QED) is 0.409. The Balaban J connectivity index is 0.994. The van der Waals surface area contributed by atoms with Crippen molar-refractivity contribution in [1.29, 1.82) is 0 Å². The number of Topliss-reactive ketones (excluding diaryl/α,β-unsaturated/α-hetero) is 1. The van der Waals surface area contributed by atoms with Crippen LogP contribution in [0.15, 0.2) is 24.3 Å². The van der Waals surface area contributed by atoms with Gasteiger partial charge in [-0.05, 0) is 62.0 Å². The van der Waals surface area contributed by atoms with E-state index >= 15 is 0 Å². The second-order valence-corrected chi connectivity index (χ2v) is 17.4. The molecule has 10 aliphatic rings. The maximum Gasteiger partial charge on any atom is 0.172 e. The molecule has 10 rings (SSSR count). The van der Waals surface area contributed by atoms with Crippen LogP contribution in [0.4, 0.5) is 0 Å². The number of rotatable bonds is 4. The number of carbonyl (C=O) groups is 1. The third-order valence-electron chi connectivity index (χ3n) is 14.0. The maximum atomic E-state index is 14.1. The van der Waals surface area contributed by atoms with E-state index in [2.05, 4.69) is 20.1 Å². The lowest BCUT2D eigenvalue weighted by Crippen LogP contribution is -2.61. The van der Waals surface area contributed by atoms with E-state index in [0.717, 1.165) is 56.1 Å². The summed E-state index contributed by atoms with van der Waals surface area (Å²) in [7, 11) is 1.66. The summed E-state index contributed by atoms with van der Waals surface area (Å²) in [5.74, 6) is -0.619. The van der Waals surface area contributed by atoms with Gasteiger partial charge in [0.2, 0.25) is 0 Å². The van der Waals surface area contributed by atoms with Crippen LogP contribution in [0, 0.1) is 11.8 Å². The van der Waals surface area contributed by atoms with Crippen LogP contribution >= 0.6 is 0 Å². The normalized spacial score (nSPS) is 52.4. The van der Waals surface area contributed by atoms with E-state index < -0.39 is 18.0 Å². The molecule has 0 amide bonds. The Morgan fingerprint density at radius 2 is 1.56 bits per heavy atom. The van der Waals surface area contributed by atoms with Crippen LogP contribution in [0.5, 0.6) is 0 Å². The van der Waals surface area contributed by atoms with Crippen LogP contribution in [0.25, 0.3) is 0 Å². The molecule has 12 heteroatoms. The molecule has 52 heavy (non-hydrogen) atoms. The van der Waals surface area contributed by atoms with E-state index in [0.29, 0.717) is 25.7 Å². The number of aliphatic hydroxyl groups excluding tert-OH is 1. The zero-order valence-corrected chi connectivity index (χ0v) is 30.8. The largest absolute Gasteiger partial charge is 0.392 e. The third kappa shape index (κ3) is 6.59.